The summed E-state index contributed by atoms with van der Waals surface area (Å²) in [4.78, 5) is 43.8. The second-order valence-electron chi connectivity index (χ2n) is 8.50. The zero-order valence-electron chi connectivity index (χ0n) is 19.4. The molecule has 9 heteroatoms. The monoisotopic (exact) mass is 425 g/mol. The highest BCUT2D eigenvalue weighted by molar-refractivity contribution is 5.82. The molecule has 1 aromatic heterocycles. The summed E-state index contributed by atoms with van der Waals surface area (Å²) in [7, 11) is 1.56. The average molecular weight is 426 g/mol. The third kappa shape index (κ3) is 7.51. The van der Waals surface area contributed by atoms with E-state index >= 15 is 0 Å². The van der Waals surface area contributed by atoms with Crippen LogP contribution in [0.4, 0.5) is 11.5 Å². The highest BCUT2D eigenvalue weighted by Gasteiger charge is 2.24. The molecule has 0 aromatic carbocycles. The van der Waals surface area contributed by atoms with E-state index in [1.165, 1.54) is 4.57 Å². The molecule has 0 unspecified atom stereocenters. The van der Waals surface area contributed by atoms with Gasteiger partial charge < -0.3 is 20.3 Å². The molecule has 0 spiro atoms. The number of hydrogen-bond donors (Lipinski definition) is 2. The minimum Gasteiger partial charge on any atom is -0.383 e. The molecule has 0 aliphatic rings. The van der Waals surface area contributed by atoms with E-state index in [2.05, 4.69) is 32.7 Å². The molecule has 1 rings (SSSR count). The van der Waals surface area contributed by atoms with Crippen LogP contribution in [0, 0.1) is 11.8 Å². The molecule has 30 heavy (non-hydrogen) atoms. The number of aromatic nitrogens is 2. The molecule has 172 valence electrons. The van der Waals surface area contributed by atoms with Crippen molar-refractivity contribution in [1.82, 2.24) is 14.5 Å². The second kappa shape index (κ2) is 12.4. The number of nitrogens with two attached hydrogens (primary N) is 1. The maximum absolute atomic E-state index is 13.1. The maximum atomic E-state index is 13.1. The fourth-order valence-corrected chi connectivity index (χ4v) is 3.32. The summed E-state index contributed by atoms with van der Waals surface area (Å²) < 4.78 is 6.54. The number of unbranched alkanes of at least 4 members (excludes halogenated alkanes) is 1. The van der Waals surface area contributed by atoms with Crippen LogP contribution in [0.3, 0.4) is 0 Å². The molecular weight excluding hydrogens is 386 g/mol. The van der Waals surface area contributed by atoms with Crippen LogP contribution in [-0.2, 0) is 16.1 Å². The highest BCUT2D eigenvalue weighted by atomic mass is 16.5. The lowest BCUT2D eigenvalue weighted by molar-refractivity contribution is -0.130. The van der Waals surface area contributed by atoms with E-state index in [1.807, 2.05) is 11.8 Å². The van der Waals surface area contributed by atoms with Crippen molar-refractivity contribution in [2.45, 2.75) is 54.0 Å². The summed E-state index contributed by atoms with van der Waals surface area (Å²) >= 11 is 0. The minimum absolute atomic E-state index is 0.0118. The van der Waals surface area contributed by atoms with Crippen LogP contribution < -0.4 is 21.9 Å². The lowest BCUT2D eigenvalue weighted by atomic mass is 10.1. The second-order valence-corrected chi connectivity index (χ2v) is 8.50. The number of carbonyl (C=O) groups is 1. The first kappa shape index (κ1) is 25.7. The van der Waals surface area contributed by atoms with Crippen molar-refractivity contribution in [3.8, 4) is 0 Å². The number of methoxy groups -OCH3 is 1. The number of rotatable bonds is 13. The fraction of sp³-hybridized carbons (Fsp3) is 0.762. The van der Waals surface area contributed by atoms with Gasteiger partial charge in [-0.05, 0) is 18.3 Å². The first-order valence-electron chi connectivity index (χ1n) is 10.8. The van der Waals surface area contributed by atoms with Gasteiger partial charge in [0, 0.05) is 33.3 Å². The smallest absolute Gasteiger partial charge is 0.330 e. The number of nitrogens with zero attached hydrogens (tertiary/aromatic N) is 3. The first-order chi connectivity index (χ1) is 14.1. The highest BCUT2D eigenvalue weighted by Crippen LogP contribution is 2.18. The van der Waals surface area contributed by atoms with Gasteiger partial charge in [-0.15, -0.1) is 0 Å². The standard InChI is InChI=1S/C21H39N5O4/c1-7-8-9-26-19(22)18(20(28)23-21(26)29)24(10-11-30-6)14-17(27)25(12-15(2)3)13-16(4)5/h15-16H,7-14,22H2,1-6H3,(H,23,28,29). The molecule has 0 aliphatic carbocycles. The summed E-state index contributed by atoms with van der Waals surface area (Å²) in [5.41, 5.74) is 5.27. The van der Waals surface area contributed by atoms with Gasteiger partial charge in [0.1, 0.15) is 11.5 Å². The van der Waals surface area contributed by atoms with E-state index in [9.17, 15) is 14.4 Å². The van der Waals surface area contributed by atoms with Crippen molar-refractivity contribution < 1.29 is 9.53 Å². The van der Waals surface area contributed by atoms with Crippen LogP contribution >= 0.6 is 0 Å². The first-order valence-corrected chi connectivity index (χ1v) is 10.8. The van der Waals surface area contributed by atoms with Crippen LogP contribution in [0.1, 0.15) is 47.5 Å². The van der Waals surface area contributed by atoms with Gasteiger partial charge in [-0.25, -0.2) is 4.79 Å². The molecule has 0 bridgehead atoms. The van der Waals surface area contributed by atoms with Gasteiger partial charge in [0.15, 0.2) is 0 Å². The van der Waals surface area contributed by atoms with Crippen molar-refractivity contribution in [2.75, 3.05) is 50.5 Å². The zero-order valence-corrected chi connectivity index (χ0v) is 19.4. The summed E-state index contributed by atoms with van der Waals surface area (Å²) in [5, 5.41) is 0. The van der Waals surface area contributed by atoms with Gasteiger partial charge >= 0.3 is 5.69 Å². The molecule has 0 saturated heterocycles. The van der Waals surface area contributed by atoms with Gasteiger partial charge in [0.2, 0.25) is 5.91 Å². The van der Waals surface area contributed by atoms with Crippen LogP contribution in [0.2, 0.25) is 0 Å². The summed E-state index contributed by atoms with van der Waals surface area (Å²) in [6.07, 6.45) is 1.63. The lowest BCUT2D eigenvalue weighted by Gasteiger charge is -2.31. The Balaban J connectivity index is 3.30. The Morgan fingerprint density at radius 2 is 1.77 bits per heavy atom. The third-order valence-corrected chi connectivity index (χ3v) is 4.68. The predicted molar refractivity (Wildman–Crippen MR) is 121 cm³/mol. The molecule has 1 heterocycles. The molecule has 0 aliphatic heterocycles. The van der Waals surface area contributed by atoms with Crippen molar-refractivity contribution in [3.63, 3.8) is 0 Å². The molecule has 0 radical (unpaired) electrons. The topological polar surface area (TPSA) is 114 Å². The number of aromatic amines is 1. The summed E-state index contributed by atoms with van der Waals surface area (Å²) in [6, 6.07) is 0. The quantitative estimate of drug-likeness (QED) is 0.495. The van der Waals surface area contributed by atoms with E-state index in [0.717, 1.165) is 12.8 Å². The fourth-order valence-electron chi connectivity index (χ4n) is 3.32. The van der Waals surface area contributed by atoms with E-state index in [-0.39, 0.29) is 24.0 Å². The Bertz CT molecular complexity index is 775. The van der Waals surface area contributed by atoms with Gasteiger partial charge in [-0.1, -0.05) is 41.0 Å². The number of hydrogen-bond acceptors (Lipinski definition) is 6. The lowest BCUT2D eigenvalue weighted by Crippen LogP contribution is -2.47. The van der Waals surface area contributed by atoms with E-state index < -0.39 is 11.2 Å². The SMILES string of the molecule is CCCCn1c(N)c(N(CCOC)CC(=O)N(CC(C)C)CC(C)C)c(=O)[nH]c1=O. The molecule has 1 aromatic rings. The number of carbonyl (C=O) groups excluding carboxylic acids is 1. The van der Waals surface area contributed by atoms with Gasteiger partial charge in [-0.3, -0.25) is 19.1 Å². The average Bonchev–Trinajstić information content (AvgIpc) is 2.64. The summed E-state index contributed by atoms with van der Waals surface area (Å²) in [5.74, 6) is 0.646. The molecule has 9 nitrogen and oxygen atoms in total. The van der Waals surface area contributed by atoms with E-state index in [0.29, 0.717) is 44.6 Å². The molecule has 3 N–H and O–H groups in total. The van der Waals surface area contributed by atoms with Crippen molar-refractivity contribution in [1.29, 1.82) is 0 Å². The van der Waals surface area contributed by atoms with Crippen LogP contribution in [0.15, 0.2) is 9.59 Å². The van der Waals surface area contributed by atoms with Crippen LogP contribution in [0.5, 0.6) is 0 Å². The largest absolute Gasteiger partial charge is 0.383 e. The van der Waals surface area contributed by atoms with E-state index in [4.69, 9.17) is 10.5 Å². The molecule has 0 fully saturated rings. The molecule has 0 atom stereocenters. The van der Waals surface area contributed by atoms with Crippen molar-refractivity contribution >= 4 is 17.4 Å². The molecule has 1 amide bonds. The van der Waals surface area contributed by atoms with Crippen molar-refractivity contribution in [3.05, 3.63) is 20.8 Å². The number of H-pyrrole nitrogens is 1. The van der Waals surface area contributed by atoms with E-state index in [1.54, 1.807) is 12.0 Å². The maximum Gasteiger partial charge on any atom is 0.330 e. The Morgan fingerprint density at radius 1 is 1.17 bits per heavy atom. The third-order valence-electron chi connectivity index (χ3n) is 4.68. The number of anilines is 2. The van der Waals surface area contributed by atoms with Gasteiger partial charge in [-0.2, -0.15) is 0 Å². The Labute approximate surface area is 179 Å². The van der Waals surface area contributed by atoms with Crippen molar-refractivity contribution in [2.24, 2.45) is 11.8 Å². The Morgan fingerprint density at radius 3 is 2.27 bits per heavy atom. The zero-order chi connectivity index (χ0) is 22.8. The Hall–Kier alpha value is -2.29. The molecular formula is C21H39N5O4. The number of ether oxygens (including phenoxy) is 1. The van der Waals surface area contributed by atoms with Gasteiger partial charge in [0.25, 0.3) is 5.56 Å². The number of amides is 1. The predicted octanol–water partition coefficient (Wildman–Crippen LogP) is 1.51. The van der Waals surface area contributed by atoms with Crippen LogP contribution in [-0.4, -0.2) is 60.3 Å². The number of nitrogen functional groups attached to an aromatic ring is 1. The Kier molecular flexibility index (Phi) is 10.7. The minimum atomic E-state index is -0.589. The molecule has 0 saturated carbocycles. The van der Waals surface area contributed by atoms with Crippen LogP contribution in [0.25, 0.3) is 0 Å². The number of nitrogens with one attached hydrogen (secondary N) is 1. The van der Waals surface area contributed by atoms with Gasteiger partial charge in [0.05, 0.1) is 13.2 Å². The normalized spacial score (nSPS) is 11.3. The summed E-state index contributed by atoms with van der Waals surface area (Å²) in [6.45, 7) is 12.6.